The van der Waals surface area contributed by atoms with Crippen molar-refractivity contribution in [2.24, 2.45) is 11.8 Å². The number of hydrogen-bond acceptors (Lipinski definition) is 5. The van der Waals surface area contributed by atoms with E-state index < -0.39 is 0 Å². The number of nitrogens with zero attached hydrogens (tertiary/aromatic N) is 3. The maximum atomic E-state index is 13.2. The molecule has 5 nitrogen and oxygen atoms in total. The van der Waals surface area contributed by atoms with Gasteiger partial charge in [0.2, 0.25) is 0 Å². The topological polar surface area (TPSA) is 63.8 Å². The lowest BCUT2D eigenvalue weighted by Gasteiger charge is -2.35. The number of aromatic nitrogens is 3. The molecule has 1 aliphatic carbocycles. The van der Waals surface area contributed by atoms with Crippen LogP contribution in [0.5, 0.6) is 0 Å². The van der Waals surface area contributed by atoms with Gasteiger partial charge in [0, 0.05) is 11.6 Å². The van der Waals surface area contributed by atoms with Crippen molar-refractivity contribution in [3.63, 3.8) is 0 Å². The number of anilines is 1. The fraction of sp³-hybridized carbons (Fsp3) is 0.421. The second-order valence-corrected chi connectivity index (χ2v) is 6.96. The largest absolute Gasteiger partial charge is 0.366 e. The maximum Gasteiger partial charge on any atom is 0.263 e. The van der Waals surface area contributed by atoms with Crippen LogP contribution in [0.2, 0.25) is 0 Å². The number of halogens is 1. The quantitative estimate of drug-likeness (QED) is 0.751. The van der Waals surface area contributed by atoms with Crippen LogP contribution >= 0.6 is 0 Å². The van der Waals surface area contributed by atoms with E-state index in [4.69, 9.17) is 4.52 Å². The lowest BCUT2D eigenvalue weighted by Crippen LogP contribution is -2.35. The summed E-state index contributed by atoms with van der Waals surface area (Å²) in [6.07, 6.45) is 5.09. The van der Waals surface area contributed by atoms with Crippen LogP contribution in [-0.2, 0) is 0 Å². The van der Waals surface area contributed by atoms with Gasteiger partial charge in [-0.05, 0) is 42.5 Å². The van der Waals surface area contributed by atoms with Crippen LogP contribution in [0.25, 0.3) is 22.4 Å². The molecule has 0 bridgehead atoms. The molecule has 1 aromatic carbocycles. The SMILES string of the molecule is C[C@@H]1[C@H](C)CCC[C@@H]1Nc1ncnc2onc(-c3ccc(F)cc3)c12. The summed E-state index contributed by atoms with van der Waals surface area (Å²) in [5.41, 5.74) is 1.85. The summed E-state index contributed by atoms with van der Waals surface area (Å²) in [5, 5.41) is 8.48. The van der Waals surface area contributed by atoms with E-state index in [2.05, 4.69) is 34.3 Å². The van der Waals surface area contributed by atoms with Gasteiger partial charge >= 0.3 is 0 Å². The molecule has 130 valence electrons. The standard InChI is InChI=1S/C19H21FN4O/c1-11-4-3-5-15(12(11)2)23-18-16-17(13-6-8-14(20)9-7-13)24-25-19(16)22-10-21-18/h6-12,15H,3-5H2,1-2H3,(H,21,22,23)/t11-,12-,15+/m1/s1. The Morgan fingerprint density at radius 3 is 2.72 bits per heavy atom. The fourth-order valence-corrected chi connectivity index (χ4v) is 3.66. The van der Waals surface area contributed by atoms with Gasteiger partial charge in [0.15, 0.2) is 0 Å². The molecule has 3 aromatic rings. The van der Waals surface area contributed by atoms with Gasteiger partial charge in [-0.2, -0.15) is 4.98 Å². The zero-order valence-corrected chi connectivity index (χ0v) is 14.4. The smallest absolute Gasteiger partial charge is 0.263 e. The molecule has 0 unspecified atom stereocenters. The molecule has 0 radical (unpaired) electrons. The van der Waals surface area contributed by atoms with Crippen molar-refractivity contribution >= 4 is 16.9 Å². The van der Waals surface area contributed by atoms with E-state index >= 15 is 0 Å². The third kappa shape index (κ3) is 2.97. The minimum Gasteiger partial charge on any atom is -0.366 e. The molecule has 0 spiro atoms. The first kappa shape index (κ1) is 16.0. The van der Waals surface area contributed by atoms with Crippen molar-refractivity contribution < 1.29 is 8.91 Å². The molecule has 1 N–H and O–H groups in total. The lowest BCUT2D eigenvalue weighted by molar-refractivity contribution is 0.253. The highest BCUT2D eigenvalue weighted by Crippen LogP contribution is 2.35. The van der Waals surface area contributed by atoms with Crippen molar-refractivity contribution in [3.05, 3.63) is 36.4 Å². The molecule has 1 saturated carbocycles. The summed E-state index contributed by atoms with van der Waals surface area (Å²) in [6, 6.07) is 6.57. The highest BCUT2D eigenvalue weighted by atomic mass is 19.1. The molecular weight excluding hydrogens is 319 g/mol. The Morgan fingerprint density at radius 2 is 1.92 bits per heavy atom. The van der Waals surface area contributed by atoms with Crippen LogP contribution < -0.4 is 5.32 Å². The number of rotatable bonds is 3. The van der Waals surface area contributed by atoms with Crippen molar-refractivity contribution in [2.75, 3.05) is 5.32 Å². The monoisotopic (exact) mass is 340 g/mol. The molecule has 6 heteroatoms. The summed E-state index contributed by atoms with van der Waals surface area (Å²) in [4.78, 5) is 8.62. The number of fused-ring (bicyclic) bond motifs is 1. The van der Waals surface area contributed by atoms with Gasteiger partial charge in [-0.25, -0.2) is 9.37 Å². The molecule has 2 aromatic heterocycles. The van der Waals surface area contributed by atoms with Crippen LogP contribution in [0, 0.1) is 17.7 Å². The van der Waals surface area contributed by atoms with E-state index in [1.165, 1.54) is 31.3 Å². The normalized spacial score (nSPS) is 23.7. The van der Waals surface area contributed by atoms with E-state index in [1.807, 2.05) is 0 Å². The first-order valence-corrected chi connectivity index (χ1v) is 8.76. The summed E-state index contributed by atoms with van der Waals surface area (Å²) < 4.78 is 18.6. The van der Waals surface area contributed by atoms with E-state index in [0.29, 0.717) is 29.3 Å². The van der Waals surface area contributed by atoms with Crippen LogP contribution in [-0.4, -0.2) is 21.2 Å². The summed E-state index contributed by atoms with van der Waals surface area (Å²) in [6.45, 7) is 4.59. The molecular formula is C19H21FN4O. The Balaban J connectivity index is 1.74. The molecule has 1 fully saturated rings. The van der Waals surface area contributed by atoms with Crippen molar-refractivity contribution in [3.8, 4) is 11.3 Å². The third-order valence-corrected chi connectivity index (χ3v) is 5.42. The predicted octanol–water partition coefficient (Wildman–Crippen LogP) is 4.66. The Hall–Kier alpha value is -2.50. The number of nitrogens with one attached hydrogen (secondary N) is 1. The zero-order valence-electron chi connectivity index (χ0n) is 14.4. The highest BCUT2D eigenvalue weighted by Gasteiger charge is 2.28. The zero-order chi connectivity index (χ0) is 17.4. The summed E-state index contributed by atoms with van der Waals surface area (Å²) in [5.74, 6) is 1.70. The fourth-order valence-electron chi connectivity index (χ4n) is 3.66. The summed E-state index contributed by atoms with van der Waals surface area (Å²) in [7, 11) is 0. The van der Waals surface area contributed by atoms with Crippen LogP contribution in [0.15, 0.2) is 35.1 Å². The highest BCUT2D eigenvalue weighted by molar-refractivity contribution is 5.97. The Kier molecular flexibility index (Phi) is 4.11. The molecule has 0 saturated heterocycles. The molecule has 25 heavy (non-hydrogen) atoms. The maximum absolute atomic E-state index is 13.2. The average Bonchev–Trinajstić information content (AvgIpc) is 3.05. The first-order valence-electron chi connectivity index (χ1n) is 8.76. The minimum absolute atomic E-state index is 0.281. The lowest BCUT2D eigenvalue weighted by atomic mass is 9.78. The van der Waals surface area contributed by atoms with Crippen LogP contribution in [0.1, 0.15) is 33.1 Å². The Labute approximate surface area is 145 Å². The number of benzene rings is 1. The molecule has 4 rings (SSSR count). The predicted molar refractivity (Wildman–Crippen MR) is 94.6 cm³/mol. The van der Waals surface area contributed by atoms with Gasteiger partial charge in [-0.1, -0.05) is 31.8 Å². The summed E-state index contributed by atoms with van der Waals surface area (Å²) >= 11 is 0. The minimum atomic E-state index is -0.281. The van der Waals surface area contributed by atoms with Crippen molar-refractivity contribution in [1.82, 2.24) is 15.1 Å². The molecule has 1 aliphatic rings. The van der Waals surface area contributed by atoms with E-state index in [9.17, 15) is 4.39 Å². The van der Waals surface area contributed by atoms with Gasteiger partial charge in [0.25, 0.3) is 5.71 Å². The molecule has 2 heterocycles. The second-order valence-electron chi connectivity index (χ2n) is 6.96. The van der Waals surface area contributed by atoms with Gasteiger partial charge in [-0.15, -0.1) is 0 Å². The first-order chi connectivity index (χ1) is 12.1. The Morgan fingerprint density at radius 1 is 1.12 bits per heavy atom. The van der Waals surface area contributed by atoms with Crippen molar-refractivity contribution in [1.29, 1.82) is 0 Å². The van der Waals surface area contributed by atoms with Crippen molar-refractivity contribution in [2.45, 2.75) is 39.2 Å². The van der Waals surface area contributed by atoms with E-state index in [0.717, 1.165) is 23.2 Å². The molecule has 0 amide bonds. The van der Waals surface area contributed by atoms with Gasteiger partial charge in [0.05, 0.1) is 0 Å². The molecule has 0 aliphatic heterocycles. The Bertz CT molecular complexity index is 877. The number of hydrogen-bond donors (Lipinski definition) is 1. The van der Waals surface area contributed by atoms with Gasteiger partial charge < -0.3 is 9.84 Å². The van der Waals surface area contributed by atoms with E-state index in [1.54, 1.807) is 12.1 Å². The second kappa shape index (κ2) is 6.43. The van der Waals surface area contributed by atoms with Gasteiger partial charge in [-0.3, -0.25) is 0 Å². The van der Waals surface area contributed by atoms with Crippen LogP contribution in [0.3, 0.4) is 0 Å². The van der Waals surface area contributed by atoms with E-state index in [-0.39, 0.29) is 5.82 Å². The molecule has 3 atom stereocenters. The average molecular weight is 340 g/mol. The third-order valence-electron chi connectivity index (χ3n) is 5.42. The van der Waals surface area contributed by atoms with Gasteiger partial charge in [0.1, 0.15) is 29.0 Å². The van der Waals surface area contributed by atoms with Crippen LogP contribution in [0.4, 0.5) is 10.2 Å².